The molecule has 1 N–H and O–H groups in total. The van der Waals surface area contributed by atoms with Crippen molar-refractivity contribution < 1.29 is 9.59 Å². The summed E-state index contributed by atoms with van der Waals surface area (Å²) >= 11 is 0. The average molecular weight is 233 g/mol. The second-order valence-electron chi connectivity index (χ2n) is 4.22. The minimum Gasteiger partial charge on any atom is -0.343 e. The molecule has 2 heterocycles. The molecule has 0 aromatic carbocycles. The van der Waals surface area contributed by atoms with E-state index in [1.165, 1.54) is 4.90 Å². The maximum Gasteiger partial charge on any atom is 0.250 e. The van der Waals surface area contributed by atoms with Gasteiger partial charge in [0, 0.05) is 6.20 Å². The van der Waals surface area contributed by atoms with E-state index in [1.807, 2.05) is 13.0 Å². The van der Waals surface area contributed by atoms with Crippen molar-refractivity contribution in [3.8, 4) is 0 Å². The Hall–Kier alpha value is -1.91. The highest BCUT2D eigenvalue weighted by atomic mass is 16.2. The Morgan fingerprint density at radius 3 is 2.71 bits per heavy atom. The third-order valence-corrected chi connectivity index (χ3v) is 2.97. The number of carbonyl (C=O) groups is 2. The molecule has 2 atom stereocenters. The zero-order valence-electron chi connectivity index (χ0n) is 10.1. The van der Waals surface area contributed by atoms with Crippen LogP contribution in [-0.2, 0) is 9.59 Å². The van der Waals surface area contributed by atoms with E-state index >= 15 is 0 Å². The molecule has 5 heteroatoms. The number of nitrogens with one attached hydrogen (secondary N) is 1. The Balaban J connectivity index is 2.45. The van der Waals surface area contributed by atoms with Crippen LogP contribution in [-0.4, -0.2) is 28.9 Å². The minimum absolute atomic E-state index is 0.104. The monoisotopic (exact) mass is 233 g/mol. The van der Waals surface area contributed by atoms with Gasteiger partial charge in [-0.2, -0.15) is 0 Å². The topological polar surface area (TPSA) is 62.3 Å². The fraction of sp³-hybridized carbons (Fsp3) is 0.417. The highest BCUT2D eigenvalue weighted by Crippen LogP contribution is 2.23. The number of rotatable bonds is 1. The molecule has 0 saturated carbocycles. The van der Waals surface area contributed by atoms with Crippen LogP contribution >= 0.6 is 0 Å². The Labute approximate surface area is 99.8 Å². The summed E-state index contributed by atoms with van der Waals surface area (Å²) in [5, 5.41) is 2.65. The SMILES string of the molecule is Cc1ncccc1N1C(=O)C(C)NC(=O)C1C. The number of amides is 2. The predicted octanol–water partition coefficient (Wildman–Crippen LogP) is 0.630. The van der Waals surface area contributed by atoms with E-state index in [4.69, 9.17) is 0 Å². The standard InChI is InChI=1S/C12H15N3O2/c1-7-10(5-4-6-13-7)15-9(3)11(16)14-8(2)12(15)17/h4-6,8-9H,1-3H3,(H,14,16). The van der Waals surface area contributed by atoms with Crippen molar-refractivity contribution >= 4 is 17.5 Å². The van der Waals surface area contributed by atoms with Crippen LogP contribution in [0.15, 0.2) is 18.3 Å². The maximum absolute atomic E-state index is 12.1. The lowest BCUT2D eigenvalue weighted by atomic mass is 10.1. The minimum atomic E-state index is -0.499. The van der Waals surface area contributed by atoms with Crippen LogP contribution in [0.4, 0.5) is 5.69 Å². The Kier molecular flexibility index (Phi) is 2.83. The van der Waals surface area contributed by atoms with E-state index < -0.39 is 12.1 Å². The van der Waals surface area contributed by atoms with E-state index in [-0.39, 0.29) is 11.8 Å². The summed E-state index contributed by atoms with van der Waals surface area (Å²) < 4.78 is 0. The molecule has 2 unspecified atom stereocenters. The van der Waals surface area contributed by atoms with Gasteiger partial charge in [0.1, 0.15) is 12.1 Å². The number of anilines is 1. The largest absolute Gasteiger partial charge is 0.343 e. The van der Waals surface area contributed by atoms with Gasteiger partial charge < -0.3 is 5.32 Å². The summed E-state index contributed by atoms with van der Waals surface area (Å²) in [6, 6.07) is 2.58. The summed E-state index contributed by atoms with van der Waals surface area (Å²) in [5.41, 5.74) is 1.45. The van der Waals surface area contributed by atoms with Crippen molar-refractivity contribution in [2.75, 3.05) is 4.90 Å². The zero-order chi connectivity index (χ0) is 12.6. The lowest BCUT2D eigenvalue weighted by molar-refractivity contribution is -0.133. The first-order valence-electron chi connectivity index (χ1n) is 5.57. The van der Waals surface area contributed by atoms with Gasteiger partial charge in [0.05, 0.1) is 11.4 Å². The Morgan fingerprint density at radius 2 is 2.06 bits per heavy atom. The van der Waals surface area contributed by atoms with Gasteiger partial charge in [0.2, 0.25) is 11.8 Å². The summed E-state index contributed by atoms with van der Waals surface area (Å²) in [6.45, 7) is 5.23. The van der Waals surface area contributed by atoms with E-state index in [2.05, 4.69) is 10.3 Å². The van der Waals surface area contributed by atoms with Gasteiger partial charge >= 0.3 is 0 Å². The van der Waals surface area contributed by atoms with Crippen molar-refractivity contribution in [1.29, 1.82) is 0 Å². The smallest absolute Gasteiger partial charge is 0.250 e. The van der Waals surface area contributed by atoms with Gasteiger partial charge in [0.15, 0.2) is 0 Å². The van der Waals surface area contributed by atoms with Gasteiger partial charge in [-0.1, -0.05) is 0 Å². The molecule has 2 rings (SSSR count). The van der Waals surface area contributed by atoms with Crippen LogP contribution in [0.3, 0.4) is 0 Å². The fourth-order valence-electron chi connectivity index (χ4n) is 1.97. The predicted molar refractivity (Wildman–Crippen MR) is 63.5 cm³/mol. The second kappa shape index (κ2) is 4.16. The van der Waals surface area contributed by atoms with Crippen molar-refractivity contribution in [3.63, 3.8) is 0 Å². The molecular weight excluding hydrogens is 218 g/mol. The van der Waals surface area contributed by atoms with Crippen LogP contribution < -0.4 is 10.2 Å². The molecule has 17 heavy (non-hydrogen) atoms. The zero-order valence-corrected chi connectivity index (χ0v) is 10.1. The van der Waals surface area contributed by atoms with E-state index in [0.29, 0.717) is 5.69 Å². The molecule has 1 aliphatic heterocycles. The summed E-state index contributed by atoms with van der Waals surface area (Å²) in [4.78, 5) is 29.5. The molecule has 5 nitrogen and oxygen atoms in total. The molecule has 1 aliphatic rings. The fourth-order valence-corrected chi connectivity index (χ4v) is 1.97. The van der Waals surface area contributed by atoms with Crippen LogP contribution in [0.5, 0.6) is 0 Å². The molecule has 1 fully saturated rings. The van der Waals surface area contributed by atoms with Crippen molar-refractivity contribution in [3.05, 3.63) is 24.0 Å². The van der Waals surface area contributed by atoms with Gasteiger partial charge in [-0.25, -0.2) is 0 Å². The van der Waals surface area contributed by atoms with Crippen LogP contribution in [0.1, 0.15) is 19.5 Å². The number of pyridine rings is 1. The summed E-state index contributed by atoms with van der Waals surface area (Å²) in [5.74, 6) is -0.242. The first-order chi connectivity index (χ1) is 8.02. The van der Waals surface area contributed by atoms with E-state index in [1.54, 1.807) is 26.1 Å². The number of carbonyl (C=O) groups excluding carboxylic acids is 2. The highest BCUT2D eigenvalue weighted by molar-refractivity contribution is 6.08. The van der Waals surface area contributed by atoms with E-state index in [0.717, 1.165) is 5.69 Å². The van der Waals surface area contributed by atoms with Gasteiger partial charge in [-0.05, 0) is 32.9 Å². The van der Waals surface area contributed by atoms with Crippen LogP contribution in [0.2, 0.25) is 0 Å². The summed E-state index contributed by atoms with van der Waals surface area (Å²) in [6.07, 6.45) is 1.67. The first kappa shape index (κ1) is 11.6. The maximum atomic E-state index is 12.1. The molecule has 0 aliphatic carbocycles. The molecular formula is C12H15N3O2. The normalized spacial score (nSPS) is 24.8. The molecule has 0 radical (unpaired) electrons. The number of hydrogen-bond acceptors (Lipinski definition) is 3. The number of hydrogen-bond donors (Lipinski definition) is 1. The van der Waals surface area contributed by atoms with Gasteiger partial charge in [-0.3, -0.25) is 19.5 Å². The van der Waals surface area contributed by atoms with Crippen molar-refractivity contribution in [2.24, 2.45) is 0 Å². The van der Waals surface area contributed by atoms with Crippen molar-refractivity contribution in [1.82, 2.24) is 10.3 Å². The first-order valence-corrected chi connectivity index (χ1v) is 5.57. The van der Waals surface area contributed by atoms with Crippen LogP contribution in [0.25, 0.3) is 0 Å². The lowest BCUT2D eigenvalue weighted by Gasteiger charge is -2.36. The molecule has 1 aromatic rings. The van der Waals surface area contributed by atoms with Crippen molar-refractivity contribution in [2.45, 2.75) is 32.9 Å². The number of aryl methyl sites for hydroxylation is 1. The number of nitrogens with zero attached hydrogens (tertiary/aromatic N) is 2. The molecule has 0 spiro atoms. The number of aromatic nitrogens is 1. The highest BCUT2D eigenvalue weighted by Gasteiger charge is 2.37. The second-order valence-corrected chi connectivity index (χ2v) is 4.22. The van der Waals surface area contributed by atoms with Gasteiger partial charge in [-0.15, -0.1) is 0 Å². The Bertz CT molecular complexity index is 473. The Morgan fingerprint density at radius 1 is 1.35 bits per heavy atom. The quantitative estimate of drug-likeness (QED) is 0.774. The lowest BCUT2D eigenvalue weighted by Crippen LogP contribution is -2.61. The molecule has 0 bridgehead atoms. The number of piperazine rings is 1. The molecule has 90 valence electrons. The molecule has 1 aromatic heterocycles. The third kappa shape index (κ3) is 1.88. The van der Waals surface area contributed by atoms with Crippen LogP contribution in [0, 0.1) is 6.92 Å². The summed E-state index contributed by atoms with van der Waals surface area (Å²) in [7, 11) is 0. The van der Waals surface area contributed by atoms with E-state index in [9.17, 15) is 9.59 Å². The third-order valence-electron chi connectivity index (χ3n) is 2.97. The molecule has 2 amide bonds. The van der Waals surface area contributed by atoms with Gasteiger partial charge in [0.25, 0.3) is 0 Å². The average Bonchev–Trinajstić information content (AvgIpc) is 2.29. The molecule has 1 saturated heterocycles.